The van der Waals surface area contributed by atoms with Crippen LogP contribution in [0.1, 0.15) is 19.3 Å². The van der Waals surface area contributed by atoms with Crippen molar-refractivity contribution in [3.8, 4) is 0 Å². The molecule has 0 aliphatic carbocycles. The highest BCUT2D eigenvalue weighted by Gasteiger charge is 2.27. The number of carbonyl (C=O) groups excluding carboxylic acids is 1. The molecule has 2 aliphatic rings. The second-order valence-electron chi connectivity index (χ2n) is 8.32. The number of piperidine rings is 1. The third-order valence-corrected chi connectivity index (χ3v) is 6.16. The van der Waals surface area contributed by atoms with E-state index in [-0.39, 0.29) is 23.1 Å². The first-order chi connectivity index (χ1) is 13.9. The van der Waals surface area contributed by atoms with Crippen LogP contribution in [0.15, 0.2) is 15.7 Å². The molecule has 2 fully saturated rings. The SMILES string of the molecule is CN1CCN(CCCNC(=O)C2CCCN(c3cc(=O)n(C)c(=O)n3C)C2)CC1. The molecule has 0 saturated carbocycles. The summed E-state index contributed by atoms with van der Waals surface area (Å²) >= 11 is 0. The van der Waals surface area contributed by atoms with E-state index >= 15 is 0 Å². The summed E-state index contributed by atoms with van der Waals surface area (Å²) in [5, 5.41) is 3.08. The molecule has 3 heterocycles. The lowest BCUT2D eigenvalue weighted by molar-refractivity contribution is -0.125. The Kier molecular flexibility index (Phi) is 7.13. The third kappa shape index (κ3) is 5.27. The van der Waals surface area contributed by atoms with Crippen molar-refractivity contribution in [2.75, 3.05) is 64.3 Å². The summed E-state index contributed by atoms with van der Waals surface area (Å²) in [7, 11) is 5.29. The van der Waals surface area contributed by atoms with Crippen molar-refractivity contribution in [3.63, 3.8) is 0 Å². The van der Waals surface area contributed by atoms with Crippen LogP contribution < -0.4 is 21.5 Å². The summed E-state index contributed by atoms with van der Waals surface area (Å²) in [6.45, 7) is 7.38. The molecule has 0 aromatic carbocycles. The van der Waals surface area contributed by atoms with E-state index < -0.39 is 0 Å². The lowest BCUT2D eigenvalue weighted by Crippen LogP contribution is -2.47. The first-order valence-electron chi connectivity index (χ1n) is 10.6. The van der Waals surface area contributed by atoms with E-state index in [9.17, 15) is 14.4 Å². The van der Waals surface area contributed by atoms with E-state index in [0.717, 1.165) is 63.1 Å². The van der Waals surface area contributed by atoms with Gasteiger partial charge in [-0.15, -0.1) is 0 Å². The molecule has 162 valence electrons. The predicted octanol–water partition coefficient (Wildman–Crippen LogP) is -0.946. The predicted molar refractivity (Wildman–Crippen MR) is 113 cm³/mol. The van der Waals surface area contributed by atoms with Crippen LogP contribution in [0.25, 0.3) is 0 Å². The number of nitrogens with one attached hydrogen (secondary N) is 1. The molecule has 0 bridgehead atoms. The maximum atomic E-state index is 12.6. The minimum absolute atomic E-state index is 0.0712. The van der Waals surface area contributed by atoms with Gasteiger partial charge in [0.05, 0.1) is 5.92 Å². The Bertz CT molecular complexity index is 824. The van der Waals surface area contributed by atoms with E-state index in [1.54, 1.807) is 7.05 Å². The topological polar surface area (TPSA) is 82.8 Å². The van der Waals surface area contributed by atoms with Gasteiger partial charge in [-0.1, -0.05) is 0 Å². The maximum absolute atomic E-state index is 12.6. The summed E-state index contributed by atoms with van der Waals surface area (Å²) < 4.78 is 2.58. The zero-order chi connectivity index (χ0) is 21.0. The fourth-order valence-electron chi connectivity index (χ4n) is 4.15. The largest absolute Gasteiger partial charge is 0.357 e. The highest BCUT2D eigenvalue weighted by Crippen LogP contribution is 2.21. The quantitative estimate of drug-likeness (QED) is 0.614. The third-order valence-electron chi connectivity index (χ3n) is 6.16. The van der Waals surface area contributed by atoms with Crippen LogP contribution in [0.5, 0.6) is 0 Å². The van der Waals surface area contributed by atoms with Gasteiger partial charge in [-0.3, -0.25) is 18.7 Å². The lowest BCUT2D eigenvalue weighted by atomic mass is 9.97. The molecule has 0 radical (unpaired) electrons. The molecule has 2 saturated heterocycles. The summed E-state index contributed by atoms with van der Waals surface area (Å²) in [5.41, 5.74) is -0.665. The Hall–Kier alpha value is -2.13. The summed E-state index contributed by atoms with van der Waals surface area (Å²) in [6.07, 6.45) is 2.65. The molecule has 1 aromatic heterocycles. The molecule has 1 aromatic rings. The first-order valence-corrected chi connectivity index (χ1v) is 10.6. The number of aromatic nitrogens is 2. The number of hydrogen-bond acceptors (Lipinski definition) is 6. The molecule has 1 unspecified atom stereocenters. The van der Waals surface area contributed by atoms with Crippen LogP contribution in [0.3, 0.4) is 0 Å². The Balaban J connectivity index is 1.50. The van der Waals surface area contributed by atoms with Gasteiger partial charge in [-0.25, -0.2) is 4.79 Å². The van der Waals surface area contributed by atoms with Crippen LogP contribution in [0.2, 0.25) is 0 Å². The van der Waals surface area contributed by atoms with Gasteiger partial charge >= 0.3 is 5.69 Å². The van der Waals surface area contributed by atoms with Gasteiger partial charge in [0, 0.05) is 66.0 Å². The number of amides is 1. The number of likely N-dealkylation sites (N-methyl/N-ethyl adjacent to an activating group) is 1. The van der Waals surface area contributed by atoms with Crippen molar-refractivity contribution >= 4 is 11.7 Å². The van der Waals surface area contributed by atoms with E-state index in [1.807, 2.05) is 4.90 Å². The van der Waals surface area contributed by atoms with Crippen molar-refractivity contribution < 1.29 is 4.79 Å². The molecule has 9 heteroatoms. The van der Waals surface area contributed by atoms with Crippen LogP contribution in [0.4, 0.5) is 5.82 Å². The number of nitrogens with zero attached hydrogens (tertiary/aromatic N) is 5. The van der Waals surface area contributed by atoms with E-state index in [4.69, 9.17) is 0 Å². The van der Waals surface area contributed by atoms with Crippen molar-refractivity contribution in [1.29, 1.82) is 0 Å². The summed E-state index contributed by atoms with van der Waals surface area (Å²) in [4.78, 5) is 43.7. The van der Waals surface area contributed by atoms with Gasteiger partial charge in [0.2, 0.25) is 5.91 Å². The average Bonchev–Trinajstić information content (AvgIpc) is 2.73. The molecule has 29 heavy (non-hydrogen) atoms. The highest BCUT2D eigenvalue weighted by molar-refractivity contribution is 5.79. The number of anilines is 1. The van der Waals surface area contributed by atoms with Crippen molar-refractivity contribution in [3.05, 3.63) is 26.9 Å². The zero-order valence-electron chi connectivity index (χ0n) is 17.9. The van der Waals surface area contributed by atoms with Crippen LogP contribution >= 0.6 is 0 Å². The average molecular weight is 407 g/mol. The van der Waals surface area contributed by atoms with E-state index in [1.165, 1.54) is 17.7 Å². The second-order valence-corrected chi connectivity index (χ2v) is 8.32. The fourth-order valence-corrected chi connectivity index (χ4v) is 4.15. The summed E-state index contributed by atoms with van der Waals surface area (Å²) in [6, 6.07) is 1.48. The van der Waals surface area contributed by atoms with E-state index in [0.29, 0.717) is 18.9 Å². The monoisotopic (exact) mass is 406 g/mol. The molecule has 9 nitrogen and oxygen atoms in total. The lowest BCUT2D eigenvalue weighted by Gasteiger charge is -2.34. The van der Waals surface area contributed by atoms with Gasteiger partial charge in [-0.05, 0) is 32.9 Å². The Labute approximate surface area is 171 Å². The fraction of sp³-hybridized carbons (Fsp3) is 0.750. The highest BCUT2D eigenvalue weighted by atomic mass is 16.2. The van der Waals surface area contributed by atoms with Crippen LogP contribution in [-0.2, 0) is 18.9 Å². The minimum atomic E-state index is -0.344. The molecule has 1 atom stereocenters. The molecule has 3 rings (SSSR count). The first kappa shape index (κ1) is 21.6. The molecule has 1 amide bonds. The molecule has 0 spiro atoms. The van der Waals surface area contributed by atoms with Gasteiger partial charge in [-0.2, -0.15) is 0 Å². The van der Waals surface area contributed by atoms with Crippen molar-refractivity contribution in [2.24, 2.45) is 20.0 Å². The second kappa shape index (κ2) is 9.58. The number of carbonyl (C=O) groups is 1. The van der Waals surface area contributed by atoms with Crippen LogP contribution in [0, 0.1) is 5.92 Å². The zero-order valence-corrected chi connectivity index (χ0v) is 17.9. The minimum Gasteiger partial charge on any atom is -0.357 e. The Morgan fingerprint density at radius 1 is 1.07 bits per heavy atom. The van der Waals surface area contributed by atoms with Gasteiger partial charge < -0.3 is 20.0 Å². The van der Waals surface area contributed by atoms with Gasteiger partial charge in [0.15, 0.2) is 0 Å². The molecular weight excluding hydrogens is 372 g/mol. The molecule has 1 N–H and O–H groups in total. The van der Waals surface area contributed by atoms with Crippen molar-refractivity contribution in [2.45, 2.75) is 19.3 Å². The Morgan fingerprint density at radius 3 is 2.52 bits per heavy atom. The maximum Gasteiger partial charge on any atom is 0.332 e. The van der Waals surface area contributed by atoms with Gasteiger partial charge in [0.1, 0.15) is 5.82 Å². The van der Waals surface area contributed by atoms with E-state index in [2.05, 4.69) is 22.2 Å². The smallest absolute Gasteiger partial charge is 0.332 e. The standard InChI is InChI=1S/C20H34N6O3/c1-22-10-12-25(13-11-22)8-5-7-21-19(28)16-6-4-9-26(15-16)17-14-18(27)24(3)20(29)23(17)2/h14,16H,4-13,15H2,1-3H3,(H,21,28). The Morgan fingerprint density at radius 2 is 1.79 bits per heavy atom. The molecule has 2 aliphatic heterocycles. The number of hydrogen-bond donors (Lipinski definition) is 1. The van der Waals surface area contributed by atoms with Crippen LogP contribution in [-0.4, -0.2) is 84.2 Å². The van der Waals surface area contributed by atoms with Crippen molar-refractivity contribution in [1.82, 2.24) is 24.3 Å². The normalized spacial score (nSPS) is 21.3. The van der Waals surface area contributed by atoms with Gasteiger partial charge in [0.25, 0.3) is 5.56 Å². The number of piperazine rings is 1. The molecular formula is C20H34N6O3. The number of rotatable bonds is 6. The summed E-state index contributed by atoms with van der Waals surface area (Å²) in [5.74, 6) is 0.541.